The molecule has 0 aliphatic heterocycles. The Kier molecular flexibility index (Phi) is 4.26. The first-order chi connectivity index (χ1) is 9.47. The van der Waals surface area contributed by atoms with Crippen molar-refractivity contribution in [1.82, 2.24) is 20.4 Å². The molecule has 0 saturated heterocycles. The average Bonchev–Trinajstić information content (AvgIpc) is 3.16. The fraction of sp³-hybridized carbons (Fsp3) is 0.615. The van der Waals surface area contributed by atoms with Gasteiger partial charge >= 0.3 is 12.0 Å². The van der Waals surface area contributed by atoms with Crippen LogP contribution in [0.15, 0.2) is 6.20 Å². The number of carboxylic acids is 1. The molecule has 0 radical (unpaired) electrons. The van der Waals surface area contributed by atoms with Crippen molar-refractivity contribution in [1.29, 1.82) is 0 Å². The van der Waals surface area contributed by atoms with Crippen molar-refractivity contribution in [3.8, 4) is 0 Å². The average molecular weight is 280 g/mol. The molecule has 1 unspecified atom stereocenters. The van der Waals surface area contributed by atoms with Crippen molar-refractivity contribution < 1.29 is 14.7 Å². The Morgan fingerprint density at radius 2 is 2.25 bits per heavy atom. The Bertz CT molecular complexity index is 508. The molecule has 110 valence electrons. The molecule has 0 spiro atoms. The van der Waals surface area contributed by atoms with Gasteiger partial charge in [-0.2, -0.15) is 5.10 Å². The number of aromatic nitrogens is 2. The largest absolute Gasteiger partial charge is 0.481 e. The van der Waals surface area contributed by atoms with E-state index in [-0.39, 0.29) is 18.5 Å². The third-order valence-corrected chi connectivity index (χ3v) is 3.68. The van der Waals surface area contributed by atoms with Crippen molar-refractivity contribution >= 4 is 12.0 Å². The lowest BCUT2D eigenvalue weighted by atomic mass is 10.1. The number of aryl methyl sites for hydroxylation is 1. The number of nitrogens with zero attached hydrogens (tertiary/aromatic N) is 2. The Labute approximate surface area is 117 Å². The van der Waals surface area contributed by atoms with Gasteiger partial charge in [-0.25, -0.2) is 4.79 Å². The summed E-state index contributed by atoms with van der Waals surface area (Å²) in [5, 5.41) is 18.4. The first-order valence-corrected chi connectivity index (χ1v) is 6.71. The molecule has 7 nitrogen and oxygen atoms in total. The van der Waals surface area contributed by atoms with E-state index >= 15 is 0 Å². The van der Waals surface area contributed by atoms with Crippen molar-refractivity contribution in [2.24, 2.45) is 13.0 Å². The smallest absolute Gasteiger partial charge is 0.315 e. The number of hydrogen-bond donors (Lipinski definition) is 3. The van der Waals surface area contributed by atoms with Crippen molar-refractivity contribution in [3.05, 3.63) is 17.5 Å². The van der Waals surface area contributed by atoms with Crippen LogP contribution in [0, 0.1) is 12.8 Å². The minimum absolute atomic E-state index is 0.0238. The molecule has 1 aliphatic carbocycles. The second-order valence-corrected chi connectivity index (χ2v) is 5.25. The maximum absolute atomic E-state index is 11.8. The van der Waals surface area contributed by atoms with Crippen LogP contribution < -0.4 is 10.6 Å². The molecule has 1 aromatic heterocycles. The third-order valence-electron chi connectivity index (χ3n) is 3.68. The number of amides is 2. The van der Waals surface area contributed by atoms with Gasteiger partial charge in [0.15, 0.2) is 0 Å². The van der Waals surface area contributed by atoms with Crippen LogP contribution in [0.25, 0.3) is 0 Å². The van der Waals surface area contributed by atoms with Crippen LogP contribution in [0.2, 0.25) is 0 Å². The highest BCUT2D eigenvalue weighted by atomic mass is 16.4. The summed E-state index contributed by atoms with van der Waals surface area (Å²) in [6, 6.07) is -0.603. The molecule has 7 heteroatoms. The second-order valence-electron chi connectivity index (χ2n) is 5.25. The zero-order valence-electron chi connectivity index (χ0n) is 11.7. The summed E-state index contributed by atoms with van der Waals surface area (Å²) < 4.78 is 1.74. The lowest BCUT2D eigenvalue weighted by molar-refractivity contribution is -0.137. The van der Waals surface area contributed by atoms with E-state index in [1.165, 1.54) is 0 Å². The lowest BCUT2D eigenvalue weighted by Gasteiger charge is -2.16. The van der Waals surface area contributed by atoms with Crippen LogP contribution in [0.3, 0.4) is 0 Å². The third kappa shape index (κ3) is 3.72. The van der Waals surface area contributed by atoms with E-state index in [4.69, 9.17) is 5.11 Å². The molecule has 1 atom stereocenters. The number of carbonyl (C=O) groups excluding carboxylic acids is 1. The molecule has 3 N–H and O–H groups in total. The van der Waals surface area contributed by atoms with Crippen LogP contribution in [0.4, 0.5) is 4.79 Å². The molecule has 0 bridgehead atoms. The van der Waals surface area contributed by atoms with E-state index in [0.717, 1.165) is 24.1 Å². The molecule has 1 heterocycles. The van der Waals surface area contributed by atoms with Crippen LogP contribution in [-0.4, -0.2) is 32.9 Å². The summed E-state index contributed by atoms with van der Waals surface area (Å²) in [7, 11) is 1.84. The molecule has 2 amide bonds. The number of urea groups is 1. The van der Waals surface area contributed by atoms with Gasteiger partial charge in [-0.05, 0) is 25.7 Å². The molecular formula is C13H20N4O3. The number of nitrogens with one attached hydrogen (secondary N) is 2. The molecule has 1 aromatic rings. The predicted molar refractivity (Wildman–Crippen MR) is 72.1 cm³/mol. The number of hydrogen-bond acceptors (Lipinski definition) is 3. The van der Waals surface area contributed by atoms with Gasteiger partial charge in [-0.3, -0.25) is 9.48 Å². The Balaban J connectivity index is 1.82. The molecule has 20 heavy (non-hydrogen) atoms. The van der Waals surface area contributed by atoms with Gasteiger partial charge in [0.05, 0.1) is 12.6 Å². The molecule has 1 fully saturated rings. The SMILES string of the molecule is Cc1c(CNC(=O)NC(CC(=O)O)C2CC2)cnn1C. The minimum Gasteiger partial charge on any atom is -0.481 e. The topological polar surface area (TPSA) is 96.2 Å². The zero-order valence-corrected chi connectivity index (χ0v) is 11.7. The normalized spacial score (nSPS) is 15.7. The number of carboxylic acid groups (broad SMARTS) is 1. The Hall–Kier alpha value is -2.05. The summed E-state index contributed by atoms with van der Waals surface area (Å²) in [4.78, 5) is 22.6. The Morgan fingerprint density at radius 3 is 2.75 bits per heavy atom. The van der Waals surface area contributed by atoms with E-state index in [0.29, 0.717) is 12.5 Å². The van der Waals surface area contributed by atoms with Gasteiger partial charge in [0.1, 0.15) is 0 Å². The molecular weight excluding hydrogens is 260 g/mol. The fourth-order valence-corrected chi connectivity index (χ4v) is 2.13. The lowest BCUT2D eigenvalue weighted by Crippen LogP contribution is -2.43. The highest BCUT2D eigenvalue weighted by Gasteiger charge is 2.33. The van der Waals surface area contributed by atoms with Gasteiger partial charge in [-0.1, -0.05) is 0 Å². The quantitative estimate of drug-likeness (QED) is 0.717. The summed E-state index contributed by atoms with van der Waals surface area (Å²) in [5.74, 6) is -0.581. The van der Waals surface area contributed by atoms with E-state index in [1.54, 1.807) is 10.9 Å². The van der Waals surface area contributed by atoms with Gasteiger partial charge in [0.25, 0.3) is 0 Å². The number of carbonyl (C=O) groups is 2. The van der Waals surface area contributed by atoms with Crippen molar-refractivity contribution in [3.63, 3.8) is 0 Å². The van der Waals surface area contributed by atoms with Crippen molar-refractivity contribution in [2.75, 3.05) is 0 Å². The molecule has 0 aromatic carbocycles. The van der Waals surface area contributed by atoms with Crippen LogP contribution in [0.5, 0.6) is 0 Å². The first kappa shape index (κ1) is 14.4. The molecule has 2 rings (SSSR count). The Morgan fingerprint density at radius 1 is 1.55 bits per heavy atom. The standard InChI is InChI=1S/C13H20N4O3/c1-8-10(7-15-17(8)2)6-14-13(20)16-11(5-12(18)19)9-3-4-9/h7,9,11H,3-6H2,1-2H3,(H,18,19)(H2,14,16,20). The van der Waals surface area contributed by atoms with Crippen molar-refractivity contribution in [2.45, 2.75) is 38.8 Å². The van der Waals surface area contributed by atoms with Crippen LogP contribution in [-0.2, 0) is 18.4 Å². The number of aliphatic carboxylic acids is 1. The first-order valence-electron chi connectivity index (χ1n) is 6.71. The van der Waals surface area contributed by atoms with Gasteiger partial charge in [-0.15, -0.1) is 0 Å². The summed E-state index contributed by atoms with van der Waals surface area (Å²) in [5.41, 5.74) is 1.94. The van der Waals surface area contributed by atoms with Gasteiger partial charge in [0, 0.05) is 30.9 Å². The fourth-order valence-electron chi connectivity index (χ4n) is 2.13. The predicted octanol–water partition coefficient (Wildman–Crippen LogP) is 0.781. The van der Waals surface area contributed by atoms with E-state index in [9.17, 15) is 9.59 Å². The zero-order chi connectivity index (χ0) is 14.7. The highest BCUT2D eigenvalue weighted by Crippen LogP contribution is 2.33. The summed E-state index contributed by atoms with van der Waals surface area (Å²) >= 11 is 0. The molecule has 1 saturated carbocycles. The second kappa shape index (κ2) is 5.94. The number of rotatable bonds is 6. The maximum Gasteiger partial charge on any atom is 0.315 e. The maximum atomic E-state index is 11.8. The van der Waals surface area contributed by atoms with E-state index in [1.807, 2.05) is 14.0 Å². The summed E-state index contributed by atoms with van der Waals surface area (Å²) in [6.07, 6.45) is 3.66. The van der Waals surface area contributed by atoms with E-state index < -0.39 is 5.97 Å². The minimum atomic E-state index is -0.884. The molecule has 1 aliphatic rings. The van der Waals surface area contributed by atoms with Crippen LogP contribution in [0.1, 0.15) is 30.5 Å². The van der Waals surface area contributed by atoms with Gasteiger partial charge < -0.3 is 15.7 Å². The van der Waals surface area contributed by atoms with Crippen LogP contribution >= 0.6 is 0 Å². The monoisotopic (exact) mass is 280 g/mol. The van der Waals surface area contributed by atoms with Gasteiger partial charge in [0.2, 0.25) is 0 Å². The van der Waals surface area contributed by atoms with E-state index in [2.05, 4.69) is 15.7 Å². The summed E-state index contributed by atoms with van der Waals surface area (Å²) in [6.45, 7) is 2.31. The highest BCUT2D eigenvalue weighted by molar-refractivity contribution is 5.75.